The molecule has 0 aromatic heterocycles. The number of nitrogens with two attached hydrogens (primary N) is 1. The van der Waals surface area contributed by atoms with Gasteiger partial charge in [0.05, 0.1) is 0 Å². The average Bonchev–Trinajstić information content (AvgIpc) is 2.34. The van der Waals surface area contributed by atoms with Crippen molar-refractivity contribution in [2.75, 3.05) is 6.54 Å². The highest BCUT2D eigenvalue weighted by Crippen LogP contribution is 2.24. The summed E-state index contributed by atoms with van der Waals surface area (Å²) in [4.78, 5) is 12.0. The van der Waals surface area contributed by atoms with E-state index in [0.717, 1.165) is 12.0 Å². The van der Waals surface area contributed by atoms with Crippen LogP contribution < -0.4 is 11.1 Å². The third-order valence-corrected chi connectivity index (χ3v) is 3.14. The van der Waals surface area contributed by atoms with Crippen LogP contribution >= 0.6 is 0 Å². The second kappa shape index (κ2) is 6.71. The summed E-state index contributed by atoms with van der Waals surface area (Å²) in [5.74, 6) is 0.621. The normalized spacial score (nSPS) is 11.7. The highest BCUT2D eigenvalue weighted by atomic mass is 16.1. The number of carbonyl (C=O) groups is 1. The van der Waals surface area contributed by atoms with Crippen molar-refractivity contribution in [1.82, 2.24) is 5.32 Å². The predicted octanol–water partition coefficient (Wildman–Crippen LogP) is 2.95. The molecule has 1 amide bonds. The van der Waals surface area contributed by atoms with Crippen LogP contribution in [0.2, 0.25) is 0 Å². The van der Waals surface area contributed by atoms with Crippen LogP contribution in [0.25, 0.3) is 0 Å². The number of benzene rings is 1. The summed E-state index contributed by atoms with van der Waals surface area (Å²) in [5.41, 5.74) is 7.39. The van der Waals surface area contributed by atoms with Crippen molar-refractivity contribution in [3.8, 4) is 0 Å². The molecule has 19 heavy (non-hydrogen) atoms. The summed E-state index contributed by atoms with van der Waals surface area (Å²) >= 11 is 0. The van der Waals surface area contributed by atoms with Crippen LogP contribution in [0.3, 0.4) is 0 Å². The number of carbonyl (C=O) groups excluding carboxylic acids is 1. The van der Waals surface area contributed by atoms with E-state index in [1.807, 2.05) is 24.3 Å². The molecule has 0 unspecified atom stereocenters. The lowest BCUT2D eigenvalue weighted by atomic mass is 9.84. The quantitative estimate of drug-likeness (QED) is 0.828. The van der Waals surface area contributed by atoms with Gasteiger partial charge in [0.15, 0.2) is 0 Å². The van der Waals surface area contributed by atoms with E-state index in [9.17, 15) is 4.79 Å². The number of nitrogens with one attached hydrogen (secondary N) is 1. The summed E-state index contributed by atoms with van der Waals surface area (Å²) in [6.45, 7) is 9.98. The molecule has 0 radical (unpaired) electrons. The monoisotopic (exact) mass is 262 g/mol. The van der Waals surface area contributed by atoms with E-state index < -0.39 is 0 Å². The Morgan fingerprint density at radius 3 is 2.32 bits per heavy atom. The van der Waals surface area contributed by atoms with E-state index in [-0.39, 0.29) is 11.3 Å². The van der Waals surface area contributed by atoms with Crippen molar-refractivity contribution >= 4 is 5.91 Å². The van der Waals surface area contributed by atoms with Crippen LogP contribution in [0.5, 0.6) is 0 Å². The van der Waals surface area contributed by atoms with Gasteiger partial charge < -0.3 is 11.1 Å². The fourth-order valence-corrected chi connectivity index (χ4v) is 2.39. The molecule has 1 aromatic rings. The highest BCUT2D eigenvalue weighted by molar-refractivity contribution is 5.94. The van der Waals surface area contributed by atoms with E-state index in [2.05, 4.69) is 33.0 Å². The second-order valence-corrected chi connectivity index (χ2v) is 6.35. The van der Waals surface area contributed by atoms with Crippen LogP contribution in [0, 0.1) is 11.3 Å². The predicted molar refractivity (Wildman–Crippen MR) is 79.9 cm³/mol. The van der Waals surface area contributed by atoms with E-state index in [4.69, 9.17) is 5.73 Å². The molecule has 1 aromatic carbocycles. The Kier molecular flexibility index (Phi) is 5.55. The van der Waals surface area contributed by atoms with E-state index >= 15 is 0 Å². The van der Waals surface area contributed by atoms with Crippen LogP contribution in [0.4, 0.5) is 0 Å². The molecule has 0 aliphatic rings. The van der Waals surface area contributed by atoms with Gasteiger partial charge in [-0.3, -0.25) is 4.79 Å². The lowest BCUT2D eigenvalue weighted by molar-refractivity contribution is 0.0931. The van der Waals surface area contributed by atoms with Crippen LogP contribution in [0.1, 0.15) is 50.0 Å². The number of hydrogen-bond acceptors (Lipinski definition) is 2. The minimum Gasteiger partial charge on any atom is -0.352 e. The molecule has 0 saturated heterocycles. The van der Waals surface area contributed by atoms with Gasteiger partial charge >= 0.3 is 0 Å². The number of amides is 1. The average molecular weight is 262 g/mol. The Morgan fingerprint density at radius 2 is 1.84 bits per heavy atom. The van der Waals surface area contributed by atoms with Crippen LogP contribution in [0.15, 0.2) is 24.3 Å². The maximum atomic E-state index is 12.0. The zero-order valence-electron chi connectivity index (χ0n) is 12.5. The van der Waals surface area contributed by atoms with E-state index in [1.54, 1.807) is 0 Å². The molecule has 0 heterocycles. The van der Waals surface area contributed by atoms with Crippen molar-refractivity contribution in [2.24, 2.45) is 17.1 Å². The molecule has 3 nitrogen and oxygen atoms in total. The van der Waals surface area contributed by atoms with Crippen molar-refractivity contribution in [3.05, 3.63) is 35.4 Å². The first-order chi connectivity index (χ1) is 8.84. The second-order valence-electron chi connectivity index (χ2n) is 6.35. The summed E-state index contributed by atoms with van der Waals surface area (Å²) in [6.07, 6.45) is 1.10. The van der Waals surface area contributed by atoms with Gasteiger partial charge in [-0.1, -0.05) is 39.8 Å². The molecule has 0 aliphatic carbocycles. The third-order valence-electron chi connectivity index (χ3n) is 3.14. The van der Waals surface area contributed by atoms with Gasteiger partial charge in [0, 0.05) is 18.7 Å². The fraction of sp³-hybridized carbons (Fsp3) is 0.562. The molecule has 0 atom stereocenters. The number of hydrogen-bond donors (Lipinski definition) is 2. The van der Waals surface area contributed by atoms with Gasteiger partial charge in [-0.15, -0.1) is 0 Å². The van der Waals surface area contributed by atoms with Gasteiger partial charge in [0.2, 0.25) is 0 Å². The highest BCUT2D eigenvalue weighted by Gasteiger charge is 2.20. The van der Waals surface area contributed by atoms with Gasteiger partial charge in [0.1, 0.15) is 0 Å². The Bertz CT molecular complexity index is 407. The van der Waals surface area contributed by atoms with Gasteiger partial charge in [-0.05, 0) is 35.4 Å². The minimum absolute atomic E-state index is 0.0135. The molecule has 0 fully saturated rings. The zero-order chi connectivity index (χ0) is 14.5. The van der Waals surface area contributed by atoms with E-state index in [0.29, 0.717) is 24.6 Å². The van der Waals surface area contributed by atoms with Crippen molar-refractivity contribution in [2.45, 2.75) is 40.7 Å². The molecule has 1 rings (SSSR count). The summed E-state index contributed by atoms with van der Waals surface area (Å²) < 4.78 is 0. The van der Waals surface area contributed by atoms with Crippen molar-refractivity contribution in [3.63, 3.8) is 0 Å². The minimum atomic E-state index is -0.0135. The largest absolute Gasteiger partial charge is 0.352 e. The lowest BCUT2D eigenvalue weighted by Crippen LogP contribution is -2.34. The van der Waals surface area contributed by atoms with Crippen LogP contribution in [-0.2, 0) is 6.54 Å². The first-order valence-electron chi connectivity index (χ1n) is 6.91. The molecule has 0 saturated carbocycles. The Hall–Kier alpha value is -1.35. The standard InChI is InChI=1S/C16H26N2O/c1-12(2)9-16(3,4)11-18-15(19)14-7-5-13(10-17)6-8-14/h5-8,12H,9-11,17H2,1-4H3,(H,18,19). The molecule has 0 spiro atoms. The molecular formula is C16H26N2O. The molecule has 3 heteroatoms. The molecule has 0 aliphatic heterocycles. The fourth-order valence-electron chi connectivity index (χ4n) is 2.39. The van der Waals surface area contributed by atoms with Gasteiger partial charge in [0.25, 0.3) is 5.91 Å². The topological polar surface area (TPSA) is 55.1 Å². The van der Waals surface area contributed by atoms with Crippen molar-refractivity contribution in [1.29, 1.82) is 0 Å². The van der Waals surface area contributed by atoms with Gasteiger partial charge in [-0.2, -0.15) is 0 Å². The summed E-state index contributed by atoms with van der Waals surface area (Å²) in [7, 11) is 0. The number of rotatable bonds is 6. The van der Waals surface area contributed by atoms with Crippen molar-refractivity contribution < 1.29 is 4.79 Å². The molecular weight excluding hydrogens is 236 g/mol. The lowest BCUT2D eigenvalue weighted by Gasteiger charge is -2.27. The van der Waals surface area contributed by atoms with Gasteiger partial charge in [-0.25, -0.2) is 0 Å². The smallest absolute Gasteiger partial charge is 0.251 e. The third kappa shape index (κ3) is 5.43. The first kappa shape index (κ1) is 15.7. The molecule has 106 valence electrons. The molecule has 0 bridgehead atoms. The Labute approximate surface area is 116 Å². The Morgan fingerprint density at radius 1 is 1.26 bits per heavy atom. The maximum Gasteiger partial charge on any atom is 0.251 e. The summed E-state index contributed by atoms with van der Waals surface area (Å²) in [6, 6.07) is 7.45. The maximum absolute atomic E-state index is 12.0. The first-order valence-corrected chi connectivity index (χ1v) is 6.91. The summed E-state index contributed by atoms with van der Waals surface area (Å²) in [5, 5.41) is 3.01. The van der Waals surface area contributed by atoms with E-state index in [1.165, 1.54) is 0 Å². The SMILES string of the molecule is CC(C)CC(C)(C)CNC(=O)c1ccc(CN)cc1. The zero-order valence-corrected chi connectivity index (χ0v) is 12.5. The molecule has 3 N–H and O–H groups in total. The van der Waals surface area contributed by atoms with Crippen LogP contribution in [-0.4, -0.2) is 12.5 Å². The Balaban J connectivity index is 2.55.